The van der Waals surface area contributed by atoms with E-state index >= 15 is 0 Å². The minimum Gasteiger partial charge on any atom is -0.506 e. The maximum atomic E-state index is 12.4. The Bertz CT molecular complexity index is 871. The van der Waals surface area contributed by atoms with Gasteiger partial charge >= 0.3 is 0 Å². The van der Waals surface area contributed by atoms with E-state index in [2.05, 4.69) is 15.8 Å². The molecule has 0 spiro atoms. The van der Waals surface area contributed by atoms with Crippen molar-refractivity contribution in [1.29, 1.82) is 0 Å². The summed E-state index contributed by atoms with van der Waals surface area (Å²) in [6.07, 6.45) is 1.22. The maximum absolute atomic E-state index is 12.4. The van der Waals surface area contributed by atoms with Crippen molar-refractivity contribution in [3.05, 3.63) is 63.6 Å². The topological polar surface area (TPSA) is 90.8 Å². The highest BCUT2D eigenvalue weighted by molar-refractivity contribution is 6.36. The number of hydrogen-bond acceptors (Lipinski definition) is 4. The van der Waals surface area contributed by atoms with Gasteiger partial charge in [0.2, 0.25) is 5.91 Å². The molecule has 3 rings (SSSR count). The Morgan fingerprint density at radius 1 is 1.27 bits per heavy atom. The summed E-state index contributed by atoms with van der Waals surface area (Å²) in [6.45, 7) is 0.384. The van der Waals surface area contributed by atoms with Crippen LogP contribution in [0.3, 0.4) is 0 Å². The lowest BCUT2D eigenvalue weighted by Gasteiger charge is -2.15. The fraction of sp³-hybridized carbons (Fsp3) is 0.167. The van der Waals surface area contributed by atoms with E-state index in [1.807, 2.05) is 30.3 Å². The van der Waals surface area contributed by atoms with E-state index in [-0.39, 0.29) is 28.2 Å². The molecule has 0 radical (unpaired) electrons. The molecule has 1 fully saturated rings. The highest BCUT2D eigenvalue weighted by Crippen LogP contribution is 2.30. The minimum absolute atomic E-state index is 0.0737. The Kier molecular flexibility index (Phi) is 5.44. The van der Waals surface area contributed by atoms with Gasteiger partial charge in [0.25, 0.3) is 5.91 Å². The number of nitrogens with zero attached hydrogens (tertiary/aromatic N) is 1. The molecule has 6 nitrogen and oxygen atoms in total. The van der Waals surface area contributed by atoms with Crippen LogP contribution in [0.4, 0.5) is 0 Å². The van der Waals surface area contributed by atoms with Crippen LogP contribution in [0, 0.1) is 5.92 Å². The van der Waals surface area contributed by atoms with E-state index in [4.69, 9.17) is 23.2 Å². The average Bonchev–Trinajstić information content (AvgIpc) is 3.01. The lowest BCUT2D eigenvalue weighted by Crippen LogP contribution is -2.34. The average molecular weight is 392 g/mol. The number of hydrogen-bond donors (Lipinski definition) is 3. The number of aromatic hydroxyl groups is 1. The predicted octanol–water partition coefficient (Wildman–Crippen LogP) is 2.68. The van der Waals surface area contributed by atoms with Crippen molar-refractivity contribution in [2.75, 3.05) is 6.54 Å². The van der Waals surface area contributed by atoms with Crippen LogP contribution in [-0.2, 0) is 9.59 Å². The summed E-state index contributed by atoms with van der Waals surface area (Å²) in [6, 6.07) is 12.2. The Balaban J connectivity index is 1.74. The van der Waals surface area contributed by atoms with E-state index in [1.165, 1.54) is 18.3 Å². The van der Waals surface area contributed by atoms with Crippen LogP contribution in [0.1, 0.15) is 17.0 Å². The van der Waals surface area contributed by atoms with Gasteiger partial charge in [0, 0.05) is 23.0 Å². The van der Waals surface area contributed by atoms with Gasteiger partial charge in [-0.2, -0.15) is 5.10 Å². The van der Waals surface area contributed by atoms with Crippen LogP contribution >= 0.6 is 23.2 Å². The molecule has 2 aromatic rings. The van der Waals surface area contributed by atoms with Crippen LogP contribution in [-0.4, -0.2) is 29.7 Å². The number of carbonyl (C=O) groups excluding carboxylic acids is 2. The quantitative estimate of drug-likeness (QED) is 0.425. The second kappa shape index (κ2) is 7.76. The zero-order valence-electron chi connectivity index (χ0n) is 13.4. The summed E-state index contributed by atoms with van der Waals surface area (Å²) in [7, 11) is 0. The number of benzene rings is 2. The summed E-state index contributed by atoms with van der Waals surface area (Å²) in [5, 5.41) is 16.8. The van der Waals surface area contributed by atoms with Crippen molar-refractivity contribution in [1.82, 2.24) is 10.7 Å². The first-order valence-corrected chi connectivity index (χ1v) is 8.56. The van der Waals surface area contributed by atoms with Crippen molar-refractivity contribution < 1.29 is 14.7 Å². The molecule has 1 saturated heterocycles. The molecule has 1 aliphatic heterocycles. The van der Waals surface area contributed by atoms with Gasteiger partial charge in [-0.05, 0) is 17.7 Å². The smallest absolute Gasteiger partial charge is 0.253 e. The Morgan fingerprint density at radius 3 is 2.73 bits per heavy atom. The third-order valence-electron chi connectivity index (χ3n) is 4.13. The summed E-state index contributed by atoms with van der Waals surface area (Å²) in [4.78, 5) is 24.5. The first-order valence-electron chi connectivity index (χ1n) is 7.81. The van der Waals surface area contributed by atoms with Crippen LogP contribution in [0.25, 0.3) is 0 Å². The molecule has 0 saturated carbocycles. The molecule has 3 N–H and O–H groups in total. The van der Waals surface area contributed by atoms with E-state index in [9.17, 15) is 14.7 Å². The molecule has 2 amide bonds. The number of nitrogens with one attached hydrogen (secondary N) is 2. The van der Waals surface area contributed by atoms with Crippen LogP contribution < -0.4 is 10.7 Å². The molecule has 1 aliphatic rings. The molecule has 2 unspecified atom stereocenters. The van der Waals surface area contributed by atoms with Crippen LogP contribution in [0.5, 0.6) is 5.75 Å². The lowest BCUT2D eigenvalue weighted by molar-refractivity contribution is -0.133. The number of rotatable bonds is 4. The van der Waals surface area contributed by atoms with E-state index < -0.39 is 11.8 Å². The van der Waals surface area contributed by atoms with E-state index in [0.717, 1.165) is 5.56 Å². The summed E-state index contributed by atoms with van der Waals surface area (Å²) in [5.41, 5.74) is 3.49. The zero-order chi connectivity index (χ0) is 18.7. The van der Waals surface area contributed by atoms with Crippen molar-refractivity contribution in [3.8, 4) is 5.75 Å². The second-order valence-electron chi connectivity index (χ2n) is 5.80. The number of halogens is 2. The summed E-state index contributed by atoms with van der Waals surface area (Å²) in [5.74, 6) is -2.23. The molecule has 2 atom stereocenters. The van der Waals surface area contributed by atoms with Crippen molar-refractivity contribution >= 4 is 41.2 Å². The maximum Gasteiger partial charge on any atom is 0.253 e. The van der Waals surface area contributed by atoms with Crippen molar-refractivity contribution in [2.24, 2.45) is 11.0 Å². The molecule has 0 aliphatic carbocycles. The van der Waals surface area contributed by atoms with Crippen molar-refractivity contribution in [3.63, 3.8) is 0 Å². The standard InChI is InChI=1S/C18H15Cl2N3O3/c19-12-6-11(16(24)14(20)7-12)8-22-23-18(26)15-13(9-21-17(15)25)10-4-2-1-3-5-10/h1-8,13,15,24H,9H2,(H,21,25)(H,23,26). The molecule has 0 bridgehead atoms. The van der Waals surface area contributed by atoms with Gasteiger partial charge in [-0.25, -0.2) is 5.43 Å². The van der Waals surface area contributed by atoms with E-state index in [1.54, 1.807) is 0 Å². The Labute approximate surface area is 159 Å². The van der Waals surface area contributed by atoms with Crippen LogP contribution in [0.2, 0.25) is 10.0 Å². The van der Waals surface area contributed by atoms with E-state index in [0.29, 0.717) is 11.6 Å². The number of amides is 2. The normalized spacial score (nSPS) is 19.5. The third kappa shape index (κ3) is 3.81. The fourth-order valence-electron chi connectivity index (χ4n) is 2.85. The molecular weight excluding hydrogens is 377 g/mol. The van der Waals surface area contributed by atoms with Gasteiger partial charge in [0.05, 0.1) is 11.2 Å². The molecule has 26 heavy (non-hydrogen) atoms. The number of phenolic OH excluding ortho intramolecular Hbond substituents is 1. The number of hydrazone groups is 1. The van der Waals surface area contributed by atoms with Crippen molar-refractivity contribution in [2.45, 2.75) is 5.92 Å². The minimum atomic E-state index is -0.883. The second-order valence-corrected chi connectivity index (χ2v) is 6.64. The third-order valence-corrected chi connectivity index (χ3v) is 4.63. The molecule has 1 heterocycles. The SMILES string of the molecule is O=C1NCC(c2ccccc2)C1C(=O)NN=Cc1cc(Cl)cc(Cl)c1O. The molecule has 134 valence electrons. The fourth-order valence-corrected chi connectivity index (χ4v) is 3.36. The lowest BCUT2D eigenvalue weighted by atomic mass is 9.88. The molecule has 8 heteroatoms. The Hall–Kier alpha value is -2.57. The zero-order valence-corrected chi connectivity index (χ0v) is 15.0. The van der Waals surface area contributed by atoms with Crippen LogP contribution in [0.15, 0.2) is 47.6 Å². The first kappa shape index (κ1) is 18.2. The van der Waals surface area contributed by atoms with Gasteiger partial charge in [-0.1, -0.05) is 53.5 Å². The van der Waals surface area contributed by atoms with Gasteiger partial charge in [0.15, 0.2) is 0 Å². The van der Waals surface area contributed by atoms with Gasteiger partial charge < -0.3 is 10.4 Å². The van der Waals surface area contributed by atoms with Gasteiger partial charge in [-0.15, -0.1) is 0 Å². The van der Waals surface area contributed by atoms with Gasteiger partial charge in [0.1, 0.15) is 11.7 Å². The monoisotopic (exact) mass is 391 g/mol. The highest BCUT2D eigenvalue weighted by Gasteiger charge is 2.40. The van der Waals surface area contributed by atoms with Gasteiger partial charge in [-0.3, -0.25) is 9.59 Å². The first-order chi connectivity index (χ1) is 12.5. The molecule has 2 aromatic carbocycles. The summed E-state index contributed by atoms with van der Waals surface area (Å²) < 4.78 is 0. The number of phenols is 1. The summed E-state index contributed by atoms with van der Waals surface area (Å²) >= 11 is 11.7. The Morgan fingerprint density at radius 2 is 2.00 bits per heavy atom. The molecular formula is C18H15Cl2N3O3. The molecule has 0 aromatic heterocycles. The predicted molar refractivity (Wildman–Crippen MR) is 99.5 cm³/mol. The largest absolute Gasteiger partial charge is 0.506 e. The highest BCUT2D eigenvalue weighted by atomic mass is 35.5. The number of carbonyl (C=O) groups is 2.